The fourth-order valence-corrected chi connectivity index (χ4v) is 2.04. The summed E-state index contributed by atoms with van der Waals surface area (Å²) in [6, 6.07) is 12.4. The third-order valence-electron chi connectivity index (χ3n) is 3.17. The van der Waals surface area contributed by atoms with Gasteiger partial charge < -0.3 is 20.9 Å². The van der Waals surface area contributed by atoms with E-state index >= 15 is 0 Å². The molecule has 0 saturated carbocycles. The second-order valence-electron chi connectivity index (χ2n) is 4.63. The van der Waals surface area contributed by atoms with Crippen LogP contribution in [0.15, 0.2) is 42.5 Å². The summed E-state index contributed by atoms with van der Waals surface area (Å²) in [5.41, 5.74) is 7.91. The zero-order valence-corrected chi connectivity index (χ0v) is 11.8. The molecule has 5 heteroatoms. The van der Waals surface area contributed by atoms with E-state index in [1.165, 1.54) is 6.07 Å². The summed E-state index contributed by atoms with van der Waals surface area (Å²) >= 11 is 0. The molecule has 0 saturated heterocycles. The number of nitrogen functional groups attached to an aromatic ring is 1. The minimum atomic E-state index is -0.369. The van der Waals surface area contributed by atoms with E-state index in [1.807, 2.05) is 24.3 Å². The molecule has 2 aromatic rings. The molecule has 110 valence electrons. The van der Waals surface area contributed by atoms with Crippen LogP contribution in [0.25, 0.3) is 0 Å². The largest absolute Gasteiger partial charge is 0.505 e. The Labute approximate surface area is 123 Å². The maximum Gasteiger partial charge on any atom is 0.255 e. The van der Waals surface area contributed by atoms with Gasteiger partial charge in [0, 0.05) is 13.7 Å². The van der Waals surface area contributed by atoms with E-state index in [1.54, 1.807) is 19.2 Å². The Morgan fingerprint density at radius 1 is 1.19 bits per heavy atom. The number of aromatic hydroxyl groups is 1. The van der Waals surface area contributed by atoms with Gasteiger partial charge in [0.2, 0.25) is 0 Å². The average molecular weight is 286 g/mol. The molecule has 0 radical (unpaired) electrons. The minimum absolute atomic E-state index is 0.166. The molecule has 0 aliphatic heterocycles. The first-order valence-electron chi connectivity index (χ1n) is 6.55. The van der Waals surface area contributed by atoms with Gasteiger partial charge in [0.1, 0.15) is 0 Å². The molecule has 0 atom stereocenters. The lowest BCUT2D eigenvalue weighted by Crippen LogP contribution is -2.23. The number of carbonyl (C=O) groups excluding carboxylic acids is 1. The van der Waals surface area contributed by atoms with Crippen molar-refractivity contribution in [1.29, 1.82) is 0 Å². The molecule has 5 nitrogen and oxygen atoms in total. The van der Waals surface area contributed by atoms with Crippen LogP contribution in [0.1, 0.15) is 21.5 Å². The Hall–Kier alpha value is -2.53. The molecule has 21 heavy (non-hydrogen) atoms. The number of rotatable bonds is 5. The number of para-hydroxylation sites is 1. The number of hydrogen-bond acceptors (Lipinski definition) is 4. The molecular weight excluding hydrogens is 268 g/mol. The molecule has 0 aliphatic rings. The van der Waals surface area contributed by atoms with Gasteiger partial charge in [-0.25, -0.2) is 0 Å². The summed E-state index contributed by atoms with van der Waals surface area (Å²) in [5.74, 6) is -0.563. The first-order chi connectivity index (χ1) is 10.1. The van der Waals surface area contributed by atoms with Gasteiger partial charge in [-0.2, -0.15) is 0 Å². The summed E-state index contributed by atoms with van der Waals surface area (Å²) < 4.78 is 5.13. The Balaban J connectivity index is 2.09. The second-order valence-corrected chi connectivity index (χ2v) is 4.63. The number of anilines is 1. The highest BCUT2D eigenvalue weighted by Gasteiger charge is 2.13. The van der Waals surface area contributed by atoms with Crippen molar-refractivity contribution in [1.82, 2.24) is 5.32 Å². The van der Waals surface area contributed by atoms with Gasteiger partial charge in [0.25, 0.3) is 5.91 Å². The fraction of sp³-hybridized carbons (Fsp3) is 0.188. The third-order valence-corrected chi connectivity index (χ3v) is 3.17. The summed E-state index contributed by atoms with van der Waals surface area (Å²) in [5, 5.41) is 12.6. The van der Waals surface area contributed by atoms with Crippen LogP contribution in [0.4, 0.5) is 5.69 Å². The Kier molecular flexibility index (Phi) is 4.79. The maximum atomic E-state index is 12.1. The number of ether oxygens (including phenoxy) is 1. The van der Waals surface area contributed by atoms with Crippen LogP contribution in [0.5, 0.6) is 5.75 Å². The average Bonchev–Trinajstić information content (AvgIpc) is 2.49. The molecule has 0 heterocycles. The molecule has 2 rings (SSSR count). The standard InChI is InChI=1S/C16H18N2O3/c1-21-10-12-6-3-2-5-11(12)9-18-16(20)13-7-4-8-14(17)15(13)19/h2-8,19H,9-10,17H2,1H3,(H,18,20). The number of phenols is 1. The van der Waals surface area contributed by atoms with Crippen LogP contribution < -0.4 is 11.1 Å². The van der Waals surface area contributed by atoms with Crippen molar-refractivity contribution in [3.63, 3.8) is 0 Å². The van der Waals surface area contributed by atoms with Gasteiger partial charge in [0.05, 0.1) is 17.9 Å². The first kappa shape index (κ1) is 14.9. The van der Waals surface area contributed by atoms with Crippen molar-refractivity contribution >= 4 is 11.6 Å². The van der Waals surface area contributed by atoms with E-state index in [9.17, 15) is 9.90 Å². The van der Waals surface area contributed by atoms with Crippen LogP contribution in [-0.2, 0) is 17.9 Å². The SMILES string of the molecule is COCc1ccccc1CNC(=O)c1cccc(N)c1O. The van der Waals surface area contributed by atoms with Gasteiger partial charge in [-0.3, -0.25) is 4.79 Å². The quantitative estimate of drug-likeness (QED) is 0.580. The molecule has 0 bridgehead atoms. The zero-order valence-electron chi connectivity index (χ0n) is 11.8. The van der Waals surface area contributed by atoms with E-state index in [2.05, 4.69) is 5.32 Å². The lowest BCUT2D eigenvalue weighted by atomic mass is 10.1. The summed E-state index contributed by atoms with van der Waals surface area (Å²) in [6.07, 6.45) is 0. The van der Waals surface area contributed by atoms with Gasteiger partial charge in [-0.1, -0.05) is 30.3 Å². The molecule has 0 unspecified atom stereocenters. The number of carbonyl (C=O) groups is 1. The molecule has 0 spiro atoms. The second kappa shape index (κ2) is 6.76. The number of amides is 1. The molecule has 0 aromatic heterocycles. The van der Waals surface area contributed by atoms with Gasteiger partial charge in [-0.15, -0.1) is 0 Å². The highest BCUT2D eigenvalue weighted by molar-refractivity contribution is 5.98. The van der Waals surface area contributed by atoms with Crippen molar-refractivity contribution in [3.05, 3.63) is 59.2 Å². The summed E-state index contributed by atoms with van der Waals surface area (Å²) in [7, 11) is 1.63. The fourth-order valence-electron chi connectivity index (χ4n) is 2.04. The van der Waals surface area contributed by atoms with Crippen molar-refractivity contribution < 1.29 is 14.6 Å². The van der Waals surface area contributed by atoms with Gasteiger partial charge in [-0.05, 0) is 23.3 Å². The normalized spacial score (nSPS) is 10.3. The maximum absolute atomic E-state index is 12.1. The predicted octanol–water partition coefficient (Wildman–Crippen LogP) is 2.05. The number of nitrogens with one attached hydrogen (secondary N) is 1. The van der Waals surface area contributed by atoms with E-state index in [-0.39, 0.29) is 22.9 Å². The van der Waals surface area contributed by atoms with Crippen molar-refractivity contribution in [2.75, 3.05) is 12.8 Å². The molecular formula is C16H18N2O3. The first-order valence-corrected chi connectivity index (χ1v) is 6.55. The topological polar surface area (TPSA) is 84.6 Å². The molecule has 4 N–H and O–H groups in total. The van der Waals surface area contributed by atoms with Crippen LogP contribution in [0.3, 0.4) is 0 Å². The lowest BCUT2D eigenvalue weighted by Gasteiger charge is -2.11. The highest BCUT2D eigenvalue weighted by Crippen LogP contribution is 2.24. The number of nitrogens with two attached hydrogens (primary N) is 1. The number of phenolic OH excluding ortho intramolecular Hbond substituents is 1. The van der Waals surface area contributed by atoms with Crippen LogP contribution in [0, 0.1) is 0 Å². The van der Waals surface area contributed by atoms with Crippen LogP contribution in [0.2, 0.25) is 0 Å². The van der Waals surface area contributed by atoms with Crippen molar-refractivity contribution in [2.45, 2.75) is 13.2 Å². The lowest BCUT2D eigenvalue weighted by molar-refractivity contribution is 0.0948. The van der Waals surface area contributed by atoms with Crippen molar-refractivity contribution in [2.24, 2.45) is 0 Å². The number of hydrogen-bond donors (Lipinski definition) is 3. The monoisotopic (exact) mass is 286 g/mol. The summed E-state index contributed by atoms with van der Waals surface area (Å²) in [6.45, 7) is 0.836. The Morgan fingerprint density at radius 3 is 2.62 bits per heavy atom. The molecule has 0 fully saturated rings. The number of benzene rings is 2. The van der Waals surface area contributed by atoms with Gasteiger partial charge >= 0.3 is 0 Å². The smallest absolute Gasteiger partial charge is 0.255 e. The third kappa shape index (κ3) is 3.52. The highest BCUT2D eigenvalue weighted by atomic mass is 16.5. The van der Waals surface area contributed by atoms with Crippen LogP contribution in [-0.4, -0.2) is 18.1 Å². The van der Waals surface area contributed by atoms with E-state index < -0.39 is 0 Å². The molecule has 2 aromatic carbocycles. The van der Waals surface area contributed by atoms with E-state index in [0.717, 1.165) is 11.1 Å². The number of methoxy groups -OCH3 is 1. The van der Waals surface area contributed by atoms with Gasteiger partial charge in [0.15, 0.2) is 5.75 Å². The predicted molar refractivity (Wildman–Crippen MR) is 80.8 cm³/mol. The molecule has 0 aliphatic carbocycles. The minimum Gasteiger partial charge on any atom is -0.505 e. The molecule has 1 amide bonds. The van der Waals surface area contributed by atoms with E-state index in [0.29, 0.717) is 13.2 Å². The summed E-state index contributed by atoms with van der Waals surface area (Å²) in [4.78, 5) is 12.1. The van der Waals surface area contributed by atoms with Crippen LogP contribution >= 0.6 is 0 Å². The Bertz CT molecular complexity index is 641. The van der Waals surface area contributed by atoms with E-state index in [4.69, 9.17) is 10.5 Å². The zero-order chi connectivity index (χ0) is 15.2. The Morgan fingerprint density at radius 2 is 1.90 bits per heavy atom. The van der Waals surface area contributed by atoms with Crippen molar-refractivity contribution in [3.8, 4) is 5.75 Å².